The number of rotatable bonds is 5. The molecule has 0 bridgehead atoms. The summed E-state index contributed by atoms with van der Waals surface area (Å²) in [6.45, 7) is 0. The van der Waals surface area contributed by atoms with E-state index in [4.69, 9.17) is 9.84 Å². The Morgan fingerprint density at radius 1 is 1.38 bits per heavy atom. The molecule has 1 aliphatic rings. The lowest BCUT2D eigenvalue weighted by molar-refractivity contribution is -0.131. The predicted molar refractivity (Wildman–Crippen MR) is 79.0 cm³/mol. The zero-order valence-electron chi connectivity index (χ0n) is 11.9. The van der Waals surface area contributed by atoms with Crippen molar-refractivity contribution in [1.29, 1.82) is 0 Å². The van der Waals surface area contributed by atoms with Crippen molar-refractivity contribution in [3.63, 3.8) is 0 Å². The lowest BCUT2D eigenvalue weighted by atomic mass is 10.1. The third-order valence-corrected chi connectivity index (χ3v) is 3.64. The molecule has 5 heteroatoms. The van der Waals surface area contributed by atoms with Crippen molar-refractivity contribution < 1.29 is 19.4 Å². The van der Waals surface area contributed by atoms with Gasteiger partial charge in [-0.3, -0.25) is 4.79 Å². The fourth-order valence-corrected chi connectivity index (χ4v) is 2.58. The first kappa shape index (κ1) is 15.3. The van der Waals surface area contributed by atoms with Gasteiger partial charge in [-0.2, -0.15) is 0 Å². The van der Waals surface area contributed by atoms with Crippen molar-refractivity contribution in [3.8, 4) is 0 Å². The third kappa shape index (κ3) is 4.16. The molecule has 2 N–H and O–H groups in total. The van der Waals surface area contributed by atoms with Gasteiger partial charge in [0.05, 0.1) is 12.1 Å². The fraction of sp³-hybridized carbons (Fsp3) is 0.375. The van der Waals surface area contributed by atoms with Crippen molar-refractivity contribution in [2.75, 3.05) is 7.11 Å². The highest BCUT2D eigenvalue weighted by molar-refractivity contribution is 5.95. The minimum atomic E-state index is -1.02. The van der Waals surface area contributed by atoms with Gasteiger partial charge in [0.25, 0.3) is 5.91 Å². The molecule has 1 aromatic rings. The minimum absolute atomic E-state index is 0.0423. The Labute approximate surface area is 123 Å². The number of carbonyl (C=O) groups excluding carboxylic acids is 1. The van der Waals surface area contributed by atoms with E-state index in [0.717, 1.165) is 25.3 Å². The molecule has 2 rings (SSSR count). The van der Waals surface area contributed by atoms with E-state index in [-0.39, 0.29) is 18.1 Å². The number of aliphatic carboxylic acids is 1. The standard InChI is InChI=1S/C16H19NO4/c1-21-14-7-3-6-13(14)17-16(20)12-5-2-4-11(10-12)8-9-15(18)19/h2,4-5,8-10,13-14H,3,6-7H2,1H3,(H,17,20)(H,18,19). The summed E-state index contributed by atoms with van der Waals surface area (Å²) in [6.07, 6.45) is 5.52. The average Bonchev–Trinajstić information content (AvgIpc) is 2.92. The van der Waals surface area contributed by atoms with Crippen LogP contribution in [0.4, 0.5) is 0 Å². The molecule has 5 nitrogen and oxygen atoms in total. The second-order valence-corrected chi connectivity index (χ2v) is 5.08. The Bertz CT molecular complexity index is 553. The highest BCUT2D eigenvalue weighted by Crippen LogP contribution is 2.22. The van der Waals surface area contributed by atoms with Gasteiger partial charge in [-0.1, -0.05) is 12.1 Å². The molecule has 0 heterocycles. The van der Waals surface area contributed by atoms with E-state index in [1.165, 1.54) is 6.08 Å². The van der Waals surface area contributed by atoms with E-state index in [1.54, 1.807) is 31.4 Å². The van der Waals surface area contributed by atoms with Gasteiger partial charge < -0.3 is 15.2 Å². The van der Waals surface area contributed by atoms with Crippen LogP contribution in [0, 0.1) is 0 Å². The van der Waals surface area contributed by atoms with E-state index >= 15 is 0 Å². The Morgan fingerprint density at radius 2 is 2.19 bits per heavy atom. The molecule has 1 aromatic carbocycles. The van der Waals surface area contributed by atoms with Crippen LogP contribution < -0.4 is 5.32 Å². The molecule has 112 valence electrons. The molecule has 0 radical (unpaired) electrons. The van der Waals surface area contributed by atoms with E-state index < -0.39 is 5.97 Å². The molecule has 1 amide bonds. The number of hydrogen-bond donors (Lipinski definition) is 2. The Morgan fingerprint density at radius 3 is 2.90 bits per heavy atom. The number of ether oxygens (including phenoxy) is 1. The molecule has 0 spiro atoms. The van der Waals surface area contributed by atoms with Crippen molar-refractivity contribution in [3.05, 3.63) is 41.5 Å². The highest BCUT2D eigenvalue weighted by atomic mass is 16.5. The van der Waals surface area contributed by atoms with Crippen LogP contribution in [0.15, 0.2) is 30.3 Å². The molecular formula is C16H19NO4. The van der Waals surface area contributed by atoms with Crippen LogP contribution in [0.2, 0.25) is 0 Å². The number of carbonyl (C=O) groups is 2. The molecule has 1 saturated carbocycles. The smallest absolute Gasteiger partial charge is 0.328 e. The SMILES string of the molecule is COC1CCCC1NC(=O)c1cccc(C=CC(=O)O)c1. The first-order valence-corrected chi connectivity index (χ1v) is 6.95. The van der Waals surface area contributed by atoms with Gasteiger partial charge in [-0.15, -0.1) is 0 Å². The maximum absolute atomic E-state index is 12.2. The van der Waals surface area contributed by atoms with Gasteiger partial charge in [-0.05, 0) is 43.0 Å². The number of hydrogen-bond acceptors (Lipinski definition) is 3. The molecule has 0 aromatic heterocycles. The summed E-state index contributed by atoms with van der Waals surface area (Å²) in [4.78, 5) is 22.8. The molecular weight excluding hydrogens is 270 g/mol. The van der Waals surface area contributed by atoms with Crippen LogP contribution in [-0.4, -0.2) is 36.2 Å². The number of benzene rings is 1. The van der Waals surface area contributed by atoms with Crippen molar-refractivity contribution in [2.45, 2.75) is 31.4 Å². The average molecular weight is 289 g/mol. The largest absolute Gasteiger partial charge is 0.478 e. The maximum Gasteiger partial charge on any atom is 0.328 e. The monoisotopic (exact) mass is 289 g/mol. The quantitative estimate of drug-likeness (QED) is 0.814. The van der Waals surface area contributed by atoms with Gasteiger partial charge in [0.15, 0.2) is 0 Å². The van der Waals surface area contributed by atoms with E-state index in [2.05, 4.69) is 5.32 Å². The van der Waals surface area contributed by atoms with Crippen LogP contribution >= 0.6 is 0 Å². The summed E-state index contributed by atoms with van der Waals surface area (Å²) in [7, 11) is 1.66. The molecule has 0 aliphatic heterocycles. The van der Waals surface area contributed by atoms with Gasteiger partial charge in [0, 0.05) is 18.7 Å². The van der Waals surface area contributed by atoms with Crippen LogP contribution in [0.5, 0.6) is 0 Å². The zero-order chi connectivity index (χ0) is 15.2. The van der Waals surface area contributed by atoms with E-state index in [9.17, 15) is 9.59 Å². The summed E-state index contributed by atoms with van der Waals surface area (Å²) in [5, 5.41) is 11.6. The lowest BCUT2D eigenvalue weighted by Crippen LogP contribution is -2.40. The maximum atomic E-state index is 12.2. The van der Waals surface area contributed by atoms with Gasteiger partial charge in [0.1, 0.15) is 0 Å². The molecule has 1 fully saturated rings. The number of amides is 1. The molecule has 2 unspecified atom stereocenters. The van der Waals surface area contributed by atoms with Crippen LogP contribution in [0.3, 0.4) is 0 Å². The normalized spacial score (nSPS) is 21.6. The van der Waals surface area contributed by atoms with Crippen LogP contribution in [0.25, 0.3) is 6.08 Å². The minimum Gasteiger partial charge on any atom is -0.478 e. The topological polar surface area (TPSA) is 75.6 Å². The van der Waals surface area contributed by atoms with E-state index in [1.807, 2.05) is 0 Å². The van der Waals surface area contributed by atoms with Gasteiger partial charge in [0.2, 0.25) is 0 Å². The second kappa shape index (κ2) is 7.04. The number of methoxy groups -OCH3 is 1. The van der Waals surface area contributed by atoms with Crippen molar-refractivity contribution in [2.24, 2.45) is 0 Å². The first-order chi connectivity index (χ1) is 10.1. The number of carboxylic acid groups (broad SMARTS) is 1. The van der Waals surface area contributed by atoms with E-state index in [0.29, 0.717) is 11.1 Å². The number of carboxylic acids is 1. The predicted octanol–water partition coefficient (Wildman–Crippen LogP) is 2.08. The van der Waals surface area contributed by atoms with Gasteiger partial charge in [-0.25, -0.2) is 4.79 Å². The molecule has 21 heavy (non-hydrogen) atoms. The molecule has 0 saturated heterocycles. The summed E-state index contributed by atoms with van der Waals surface area (Å²) in [5.74, 6) is -1.17. The fourth-order valence-electron chi connectivity index (χ4n) is 2.58. The summed E-state index contributed by atoms with van der Waals surface area (Å²) >= 11 is 0. The summed E-state index contributed by atoms with van der Waals surface area (Å²) in [6, 6.07) is 6.92. The summed E-state index contributed by atoms with van der Waals surface area (Å²) < 4.78 is 5.36. The number of nitrogens with one attached hydrogen (secondary N) is 1. The van der Waals surface area contributed by atoms with Crippen LogP contribution in [0.1, 0.15) is 35.2 Å². The zero-order valence-corrected chi connectivity index (χ0v) is 11.9. The lowest BCUT2D eigenvalue weighted by Gasteiger charge is -2.19. The Kier molecular flexibility index (Phi) is 5.11. The van der Waals surface area contributed by atoms with Crippen molar-refractivity contribution >= 4 is 18.0 Å². The summed E-state index contributed by atoms with van der Waals surface area (Å²) in [5.41, 5.74) is 1.20. The Hall–Kier alpha value is -2.14. The Balaban J connectivity index is 2.05. The van der Waals surface area contributed by atoms with Gasteiger partial charge >= 0.3 is 5.97 Å². The van der Waals surface area contributed by atoms with Crippen LogP contribution in [-0.2, 0) is 9.53 Å². The highest BCUT2D eigenvalue weighted by Gasteiger charge is 2.28. The second-order valence-electron chi connectivity index (χ2n) is 5.08. The first-order valence-electron chi connectivity index (χ1n) is 6.95. The third-order valence-electron chi connectivity index (χ3n) is 3.64. The molecule has 2 atom stereocenters. The van der Waals surface area contributed by atoms with Crippen molar-refractivity contribution in [1.82, 2.24) is 5.32 Å². The molecule has 1 aliphatic carbocycles.